The number of carbonyl (C=O) groups excluding carboxylic acids is 2. The van der Waals surface area contributed by atoms with Crippen LogP contribution in [0.3, 0.4) is 0 Å². The predicted octanol–water partition coefficient (Wildman–Crippen LogP) is 1.99. The summed E-state index contributed by atoms with van der Waals surface area (Å²) < 4.78 is 10.6. The number of hydrogen-bond donors (Lipinski definition) is 0. The van der Waals surface area contributed by atoms with Crippen molar-refractivity contribution in [3.8, 4) is 0 Å². The molecule has 4 atom stereocenters. The first kappa shape index (κ1) is 16.3. The second-order valence-corrected chi connectivity index (χ2v) is 6.78. The zero-order chi connectivity index (χ0) is 15.6. The molecular formula is C16H27NO4. The maximum absolute atomic E-state index is 13.1. The third-order valence-electron chi connectivity index (χ3n) is 5.09. The zero-order valence-corrected chi connectivity index (χ0v) is 13.6. The molecule has 5 nitrogen and oxygen atoms in total. The molecule has 5 heteroatoms. The van der Waals surface area contributed by atoms with Gasteiger partial charge in [-0.1, -0.05) is 13.8 Å². The standard InChI is InChI=1S/C16H27NO4/c1-11-8-14(18)21-12(2)9-16(11,3)15(19)17-7-5-6-13(17)10-20-4/h11-13H,5-10H2,1-4H3/t11-,12-,13+,16+/m1/s1. The average Bonchev–Trinajstić information content (AvgIpc) is 2.81. The molecule has 0 unspecified atom stereocenters. The topological polar surface area (TPSA) is 55.8 Å². The van der Waals surface area contributed by atoms with E-state index in [0.29, 0.717) is 19.4 Å². The molecule has 0 aromatic carbocycles. The summed E-state index contributed by atoms with van der Waals surface area (Å²) in [6.07, 6.45) is 2.72. The molecule has 0 aromatic rings. The van der Waals surface area contributed by atoms with Gasteiger partial charge in [0.15, 0.2) is 0 Å². The van der Waals surface area contributed by atoms with E-state index in [1.807, 2.05) is 25.7 Å². The second-order valence-electron chi connectivity index (χ2n) is 6.78. The Morgan fingerprint density at radius 2 is 2.19 bits per heavy atom. The van der Waals surface area contributed by atoms with Crippen LogP contribution in [0, 0.1) is 11.3 Å². The van der Waals surface area contributed by atoms with Crippen LogP contribution in [0.15, 0.2) is 0 Å². The van der Waals surface area contributed by atoms with Gasteiger partial charge in [0.2, 0.25) is 5.91 Å². The minimum absolute atomic E-state index is 0.00811. The Kier molecular flexibility index (Phi) is 4.91. The van der Waals surface area contributed by atoms with E-state index in [1.54, 1.807) is 7.11 Å². The van der Waals surface area contributed by atoms with Gasteiger partial charge in [-0.05, 0) is 32.1 Å². The van der Waals surface area contributed by atoms with Gasteiger partial charge >= 0.3 is 5.97 Å². The fraction of sp³-hybridized carbons (Fsp3) is 0.875. The van der Waals surface area contributed by atoms with Crippen molar-refractivity contribution in [2.45, 2.75) is 58.6 Å². The van der Waals surface area contributed by atoms with Gasteiger partial charge in [-0.25, -0.2) is 0 Å². The molecule has 2 rings (SSSR count). The minimum atomic E-state index is -0.540. The maximum Gasteiger partial charge on any atom is 0.306 e. The maximum atomic E-state index is 13.1. The molecule has 2 heterocycles. The predicted molar refractivity (Wildman–Crippen MR) is 78.7 cm³/mol. The van der Waals surface area contributed by atoms with Crippen LogP contribution >= 0.6 is 0 Å². The van der Waals surface area contributed by atoms with Crippen LogP contribution in [-0.2, 0) is 19.1 Å². The number of hydrogen-bond acceptors (Lipinski definition) is 4. The van der Waals surface area contributed by atoms with Gasteiger partial charge in [-0.2, -0.15) is 0 Å². The molecule has 2 fully saturated rings. The molecular weight excluding hydrogens is 270 g/mol. The van der Waals surface area contributed by atoms with Crippen LogP contribution in [0.2, 0.25) is 0 Å². The van der Waals surface area contributed by atoms with Crippen LogP contribution < -0.4 is 0 Å². The van der Waals surface area contributed by atoms with Crippen molar-refractivity contribution in [3.63, 3.8) is 0 Å². The molecule has 0 N–H and O–H groups in total. The molecule has 0 aliphatic carbocycles. The lowest BCUT2D eigenvalue weighted by Crippen LogP contribution is -2.49. The summed E-state index contributed by atoms with van der Waals surface area (Å²) in [7, 11) is 1.67. The number of likely N-dealkylation sites (tertiary alicyclic amines) is 1. The highest BCUT2D eigenvalue weighted by Gasteiger charge is 2.47. The van der Waals surface area contributed by atoms with E-state index in [2.05, 4.69) is 0 Å². The molecule has 0 bridgehead atoms. The SMILES string of the molecule is COC[C@@H]1CCCN1C(=O)[C@@]1(C)C[C@@H](C)OC(=O)C[C@H]1C. The summed E-state index contributed by atoms with van der Waals surface area (Å²) in [5.74, 6) is -0.0488. The van der Waals surface area contributed by atoms with Crippen molar-refractivity contribution in [1.82, 2.24) is 4.90 Å². The van der Waals surface area contributed by atoms with Crippen molar-refractivity contribution in [2.24, 2.45) is 11.3 Å². The van der Waals surface area contributed by atoms with E-state index in [4.69, 9.17) is 9.47 Å². The van der Waals surface area contributed by atoms with Crippen molar-refractivity contribution < 1.29 is 19.1 Å². The number of nitrogens with zero attached hydrogens (tertiary/aromatic N) is 1. The first-order valence-electron chi connectivity index (χ1n) is 7.88. The van der Waals surface area contributed by atoms with E-state index < -0.39 is 5.41 Å². The molecule has 0 spiro atoms. The fourth-order valence-electron chi connectivity index (χ4n) is 3.68. The van der Waals surface area contributed by atoms with Gasteiger partial charge in [0.1, 0.15) is 6.10 Å². The molecule has 1 amide bonds. The van der Waals surface area contributed by atoms with Gasteiger partial charge in [0.25, 0.3) is 0 Å². The van der Waals surface area contributed by atoms with Gasteiger partial charge in [-0.3, -0.25) is 9.59 Å². The molecule has 120 valence electrons. The van der Waals surface area contributed by atoms with E-state index in [9.17, 15) is 9.59 Å². The summed E-state index contributed by atoms with van der Waals surface area (Å²) >= 11 is 0. The fourth-order valence-corrected chi connectivity index (χ4v) is 3.68. The smallest absolute Gasteiger partial charge is 0.306 e. The van der Waals surface area contributed by atoms with Gasteiger partial charge in [0, 0.05) is 20.1 Å². The van der Waals surface area contributed by atoms with Crippen molar-refractivity contribution in [3.05, 3.63) is 0 Å². The van der Waals surface area contributed by atoms with Gasteiger partial charge in [0.05, 0.1) is 18.1 Å². The zero-order valence-electron chi connectivity index (χ0n) is 13.6. The number of cyclic esters (lactones) is 1. The largest absolute Gasteiger partial charge is 0.463 e. The van der Waals surface area contributed by atoms with Crippen LogP contribution in [0.1, 0.15) is 46.5 Å². The molecule has 21 heavy (non-hydrogen) atoms. The molecule has 2 aliphatic rings. The van der Waals surface area contributed by atoms with E-state index in [-0.39, 0.29) is 29.9 Å². The Bertz CT molecular complexity index is 411. The monoisotopic (exact) mass is 297 g/mol. The summed E-state index contributed by atoms with van der Waals surface area (Å²) in [5.41, 5.74) is -0.540. The first-order chi connectivity index (χ1) is 9.88. The summed E-state index contributed by atoms with van der Waals surface area (Å²) in [6, 6.07) is 0.168. The Balaban J connectivity index is 2.20. The molecule has 2 aliphatic heterocycles. The third kappa shape index (κ3) is 3.23. The lowest BCUT2D eigenvalue weighted by molar-refractivity contribution is -0.149. The highest BCUT2D eigenvalue weighted by atomic mass is 16.5. The summed E-state index contributed by atoms with van der Waals surface area (Å²) in [6.45, 7) is 7.22. The van der Waals surface area contributed by atoms with Crippen LogP contribution in [0.4, 0.5) is 0 Å². The van der Waals surface area contributed by atoms with Crippen LogP contribution in [0.25, 0.3) is 0 Å². The number of esters is 1. The Hall–Kier alpha value is -1.10. The Morgan fingerprint density at radius 1 is 1.48 bits per heavy atom. The van der Waals surface area contributed by atoms with Crippen molar-refractivity contribution in [2.75, 3.05) is 20.3 Å². The molecule has 0 aromatic heterocycles. The Morgan fingerprint density at radius 3 is 2.86 bits per heavy atom. The van der Waals surface area contributed by atoms with E-state index in [0.717, 1.165) is 19.4 Å². The highest BCUT2D eigenvalue weighted by Crippen LogP contribution is 2.41. The van der Waals surface area contributed by atoms with Gasteiger partial charge in [-0.15, -0.1) is 0 Å². The number of carbonyl (C=O) groups is 2. The first-order valence-corrected chi connectivity index (χ1v) is 7.88. The number of amides is 1. The lowest BCUT2D eigenvalue weighted by Gasteiger charge is -2.38. The van der Waals surface area contributed by atoms with Crippen LogP contribution in [-0.4, -0.2) is 49.2 Å². The third-order valence-corrected chi connectivity index (χ3v) is 5.09. The lowest BCUT2D eigenvalue weighted by atomic mass is 9.72. The van der Waals surface area contributed by atoms with Gasteiger partial charge < -0.3 is 14.4 Å². The molecule has 0 radical (unpaired) electrons. The van der Waals surface area contributed by atoms with Crippen molar-refractivity contribution >= 4 is 11.9 Å². The van der Waals surface area contributed by atoms with Crippen LogP contribution in [0.5, 0.6) is 0 Å². The normalized spacial score (nSPS) is 37.2. The van der Waals surface area contributed by atoms with E-state index >= 15 is 0 Å². The summed E-state index contributed by atoms with van der Waals surface area (Å²) in [5, 5.41) is 0. The Labute approximate surface area is 127 Å². The molecule has 0 saturated carbocycles. The highest BCUT2D eigenvalue weighted by molar-refractivity contribution is 5.84. The van der Waals surface area contributed by atoms with E-state index in [1.165, 1.54) is 0 Å². The number of rotatable bonds is 3. The second kappa shape index (κ2) is 6.34. The number of ether oxygens (including phenoxy) is 2. The average molecular weight is 297 g/mol. The number of methoxy groups -OCH3 is 1. The van der Waals surface area contributed by atoms with Crippen molar-refractivity contribution in [1.29, 1.82) is 0 Å². The quantitative estimate of drug-likeness (QED) is 0.748. The minimum Gasteiger partial charge on any atom is -0.463 e. The molecule has 2 saturated heterocycles. The summed E-state index contributed by atoms with van der Waals surface area (Å²) in [4.78, 5) is 26.8.